The molecule has 1 atom stereocenters. The SMILES string of the molecule is CC(CO)Nc1ccccc1S(=O)(=O)N(C)C. The Morgan fingerprint density at radius 2 is 1.94 bits per heavy atom. The van der Waals surface area contributed by atoms with Crippen molar-refractivity contribution < 1.29 is 13.5 Å². The first kappa shape index (κ1) is 14.0. The summed E-state index contributed by atoms with van der Waals surface area (Å²) in [6.07, 6.45) is 0. The highest BCUT2D eigenvalue weighted by Crippen LogP contribution is 2.23. The third kappa shape index (κ3) is 3.18. The van der Waals surface area contributed by atoms with Gasteiger partial charge in [-0.2, -0.15) is 0 Å². The second-order valence-electron chi connectivity index (χ2n) is 4.01. The Kier molecular flexibility index (Phi) is 4.50. The van der Waals surface area contributed by atoms with Crippen LogP contribution in [0.4, 0.5) is 5.69 Å². The maximum atomic E-state index is 12.0. The zero-order valence-corrected chi connectivity index (χ0v) is 11.0. The van der Waals surface area contributed by atoms with Crippen LogP contribution >= 0.6 is 0 Å². The summed E-state index contributed by atoms with van der Waals surface area (Å²) in [6, 6.07) is 6.45. The fourth-order valence-corrected chi connectivity index (χ4v) is 2.37. The van der Waals surface area contributed by atoms with Crippen molar-refractivity contribution in [2.75, 3.05) is 26.0 Å². The van der Waals surface area contributed by atoms with Crippen LogP contribution in [-0.2, 0) is 10.0 Å². The fraction of sp³-hybridized carbons (Fsp3) is 0.455. The van der Waals surface area contributed by atoms with Gasteiger partial charge in [0.15, 0.2) is 0 Å². The van der Waals surface area contributed by atoms with Gasteiger partial charge in [0.05, 0.1) is 12.3 Å². The summed E-state index contributed by atoms with van der Waals surface area (Å²) in [5, 5.41) is 11.9. The molecule has 17 heavy (non-hydrogen) atoms. The normalized spacial score (nSPS) is 13.7. The zero-order valence-electron chi connectivity index (χ0n) is 10.2. The van der Waals surface area contributed by atoms with Crippen LogP contribution in [0, 0.1) is 0 Å². The number of sulfonamides is 1. The van der Waals surface area contributed by atoms with Gasteiger partial charge in [0.25, 0.3) is 0 Å². The van der Waals surface area contributed by atoms with Crippen molar-refractivity contribution in [1.82, 2.24) is 4.31 Å². The van der Waals surface area contributed by atoms with E-state index < -0.39 is 10.0 Å². The average molecular weight is 258 g/mol. The quantitative estimate of drug-likeness (QED) is 0.817. The number of aliphatic hydroxyl groups is 1. The molecule has 1 aromatic carbocycles. The van der Waals surface area contributed by atoms with Crippen LogP contribution in [0.1, 0.15) is 6.92 Å². The number of rotatable bonds is 5. The van der Waals surface area contributed by atoms with E-state index in [1.165, 1.54) is 14.1 Å². The van der Waals surface area contributed by atoms with Crippen molar-refractivity contribution in [1.29, 1.82) is 0 Å². The van der Waals surface area contributed by atoms with Crippen molar-refractivity contribution in [3.8, 4) is 0 Å². The molecule has 96 valence electrons. The van der Waals surface area contributed by atoms with Crippen molar-refractivity contribution in [2.24, 2.45) is 0 Å². The zero-order chi connectivity index (χ0) is 13.1. The van der Waals surface area contributed by atoms with Crippen molar-refractivity contribution in [3.63, 3.8) is 0 Å². The molecule has 0 aromatic heterocycles. The van der Waals surface area contributed by atoms with Crippen LogP contribution in [0.2, 0.25) is 0 Å². The molecule has 6 heteroatoms. The van der Waals surface area contributed by atoms with Crippen molar-refractivity contribution in [3.05, 3.63) is 24.3 Å². The predicted octanol–water partition coefficient (Wildman–Crippen LogP) is 0.730. The lowest BCUT2D eigenvalue weighted by atomic mass is 10.3. The van der Waals surface area contributed by atoms with E-state index in [2.05, 4.69) is 5.32 Å². The van der Waals surface area contributed by atoms with E-state index >= 15 is 0 Å². The molecule has 2 N–H and O–H groups in total. The molecule has 0 radical (unpaired) electrons. The van der Waals surface area contributed by atoms with Crippen LogP contribution in [-0.4, -0.2) is 44.6 Å². The number of hydrogen-bond donors (Lipinski definition) is 2. The first-order chi connectivity index (χ1) is 7.89. The summed E-state index contributed by atoms with van der Waals surface area (Å²) < 4.78 is 25.3. The number of anilines is 1. The van der Waals surface area contributed by atoms with Crippen LogP contribution < -0.4 is 5.32 Å². The lowest BCUT2D eigenvalue weighted by Gasteiger charge is -2.18. The summed E-state index contributed by atoms with van der Waals surface area (Å²) >= 11 is 0. The van der Waals surface area contributed by atoms with E-state index in [4.69, 9.17) is 5.11 Å². The first-order valence-electron chi connectivity index (χ1n) is 5.28. The Bertz CT molecular complexity index is 471. The van der Waals surface area contributed by atoms with Crippen LogP contribution in [0.25, 0.3) is 0 Å². The highest BCUT2D eigenvalue weighted by Gasteiger charge is 2.21. The number of para-hydroxylation sites is 1. The second-order valence-corrected chi connectivity index (χ2v) is 6.13. The molecular weight excluding hydrogens is 240 g/mol. The van der Waals surface area contributed by atoms with Crippen molar-refractivity contribution in [2.45, 2.75) is 17.9 Å². The van der Waals surface area contributed by atoms with E-state index in [0.717, 1.165) is 4.31 Å². The Labute approximate surface area is 102 Å². The predicted molar refractivity (Wildman–Crippen MR) is 67.5 cm³/mol. The molecule has 0 heterocycles. The molecule has 0 amide bonds. The summed E-state index contributed by atoms with van der Waals surface area (Å²) in [6.45, 7) is 1.72. The molecule has 1 unspecified atom stereocenters. The second kappa shape index (κ2) is 5.48. The highest BCUT2D eigenvalue weighted by atomic mass is 32.2. The average Bonchev–Trinajstić information content (AvgIpc) is 2.29. The topological polar surface area (TPSA) is 69.6 Å². The van der Waals surface area contributed by atoms with Gasteiger partial charge >= 0.3 is 0 Å². The van der Waals surface area contributed by atoms with Gasteiger partial charge in [-0.3, -0.25) is 0 Å². The largest absolute Gasteiger partial charge is 0.394 e. The molecule has 0 bridgehead atoms. The minimum atomic E-state index is -3.47. The summed E-state index contributed by atoms with van der Waals surface area (Å²) in [5.41, 5.74) is 0.503. The standard InChI is InChI=1S/C11H18N2O3S/c1-9(8-14)12-10-6-4-5-7-11(10)17(15,16)13(2)3/h4-7,9,12,14H,8H2,1-3H3. The first-order valence-corrected chi connectivity index (χ1v) is 6.72. The van der Waals surface area contributed by atoms with Crippen LogP contribution in [0.3, 0.4) is 0 Å². The molecule has 5 nitrogen and oxygen atoms in total. The molecule has 1 rings (SSSR count). The van der Waals surface area contributed by atoms with Gasteiger partial charge in [0.2, 0.25) is 10.0 Å². The van der Waals surface area contributed by atoms with Gasteiger partial charge in [-0.05, 0) is 19.1 Å². The van der Waals surface area contributed by atoms with Gasteiger partial charge in [-0.1, -0.05) is 12.1 Å². The van der Waals surface area contributed by atoms with Crippen molar-refractivity contribution >= 4 is 15.7 Å². The number of hydrogen-bond acceptors (Lipinski definition) is 4. The van der Waals surface area contributed by atoms with Gasteiger partial charge in [-0.15, -0.1) is 0 Å². The van der Waals surface area contributed by atoms with E-state index in [0.29, 0.717) is 5.69 Å². The summed E-state index contributed by atoms with van der Waals surface area (Å²) in [5.74, 6) is 0. The molecule has 0 saturated heterocycles. The number of nitrogens with one attached hydrogen (secondary N) is 1. The Balaban J connectivity index is 3.17. The van der Waals surface area contributed by atoms with Gasteiger partial charge in [0, 0.05) is 20.1 Å². The van der Waals surface area contributed by atoms with Crippen LogP contribution in [0.5, 0.6) is 0 Å². The lowest BCUT2D eigenvalue weighted by Crippen LogP contribution is -2.25. The molecule has 0 aliphatic carbocycles. The molecular formula is C11H18N2O3S. The number of benzene rings is 1. The highest BCUT2D eigenvalue weighted by molar-refractivity contribution is 7.89. The van der Waals surface area contributed by atoms with Gasteiger partial charge < -0.3 is 10.4 Å². The maximum Gasteiger partial charge on any atom is 0.244 e. The summed E-state index contributed by atoms with van der Waals surface area (Å²) in [7, 11) is -0.497. The Hall–Kier alpha value is -1.11. The minimum Gasteiger partial charge on any atom is -0.394 e. The Morgan fingerprint density at radius 1 is 1.35 bits per heavy atom. The van der Waals surface area contributed by atoms with Gasteiger partial charge in [-0.25, -0.2) is 12.7 Å². The lowest BCUT2D eigenvalue weighted by molar-refractivity contribution is 0.281. The summed E-state index contributed by atoms with van der Waals surface area (Å²) in [4.78, 5) is 0.213. The van der Waals surface area contributed by atoms with E-state index in [1.54, 1.807) is 31.2 Å². The molecule has 1 aromatic rings. The molecule has 0 aliphatic rings. The van der Waals surface area contributed by atoms with Gasteiger partial charge in [0.1, 0.15) is 4.90 Å². The number of nitrogens with zero attached hydrogens (tertiary/aromatic N) is 1. The number of aliphatic hydroxyl groups excluding tert-OH is 1. The smallest absolute Gasteiger partial charge is 0.244 e. The van der Waals surface area contributed by atoms with E-state index in [9.17, 15) is 8.42 Å². The van der Waals surface area contributed by atoms with E-state index in [1.807, 2.05) is 0 Å². The molecule has 0 fully saturated rings. The minimum absolute atomic E-state index is 0.0592. The molecule has 0 aliphatic heterocycles. The van der Waals surface area contributed by atoms with Crippen LogP contribution in [0.15, 0.2) is 29.2 Å². The third-order valence-corrected chi connectivity index (χ3v) is 4.19. The monoisotopic (exact) mass is 258 g/mol. The molecule has 0 saturated carbocycles. The third-order valence-electron chi connectivity index (χ3n) is 2.32. The maximum absolute atomic E-state index is 12.0. The fourth-order valence-electron chi connectivity index (χ4n) is 1.32. The Morgan fingerprint density at radius 3 is 2.47 bits per heavy atom. The van der Waals surface area contributed by atoms with E-state index in [-0.39, 0.29) is 17.5 Å². The molecule has 0 spiro atoms.